The van der Waals surface area contributed by atoms with E-state index in [0.717, 1.165) is 16.9 Å². The summed E-state index contributed by atoms with van der Waals surface area (Å²) in [5.41, 5.74) is 1.82. The van der Waals surface area contributed by atoms with Gasteiger partial charge in [0.05, 0.1) is 20.6 Å². The topological polar surface area (TPSA) is 47.6 Å². The van der Waals surface area contributed by atoms with Crippen molar-refractivity contribution < 1.29 is 14.3 Å². The van der Waals surface area contributed by atoms with Crippen LogP contribution in [0.4, 0.5) is 0 Å². The summed E-state index contributed by atoms with van der Waals surface area (Å²) in [6, 6.07) is 3.88. The highest BCUT2D eigenvalue weighted by molar-refractivity contribution is 5.79. The minimum absolute atomic E-state index is 0.0193. The van der Waals surface area contributed by atoms with Gasteiger partial charge < -0.3 is 14.8 Å². The van der Waals surface area contributed by atoms with Gasteiger partial charge in [0, 0.05) is 11.6 Å². The normalized spacial score (nSPS) is 10.3. The Balaban J connectivity index is 2.96. The Morgan fingerprint density at radius 1 is 1.22 bits per heavy atom. The highest BCUT2D eigenvalue weighted by Crippen LogP contribution is 2.28. The Morgan fingerprint density at radius 3 is 2.33 bits per heavy atom. The molecule has 4 nitrogen and oxygen atoms in total. The molecule has 0 bridgehead atoms. The second-order valence-corrected chi connectivity index (χ2v) is 4.53. The molecule has 1 N–H and O–H groups in total. The van der Waals surface area contributed by atoms with Crippen molar-refractivity contribution in [2.24, 2.45) is 0 Å². The standard InChI is InChI=1S/C14H21NO3/c1-9(2)15-14(16)8-11-7-12(17-4)10(3)6-13(11)18-5/h6-7,9H,8H2,1-5H3,(H,15,16). The van der Waals surface area contributed by atoms with Gasteiger partial charge in [-0.15, -0.1) is 0 Å². The molecule has 1 aromatic carbocycles. The average molecular weight is 251 g/mol. The van der Waals surface area contributed by atoms with Crippen molar-refractivity contribution in [2.75, 3.05) is 14.2 Å². The van der Waals surface area contributed by atoms with Crippen molar-refractivity contribution in [1.82, 2.24) is 5.32 Å². The molecule has 1 rings (SSSR count). The van der Waals surface area contributed by atoms with Crippen LogP contribution in [0.1, 0.15) is 25.0 Å². The third-order valence-corrected chi connectivity index (χ3v) is 2.60. The lowest BCUT2D eigenvalue weighted by molar-refractivity contribution is -0.120. The number of hydrogen-bond acceptors (Lipinski definition) is 3. The summed E-state index contributed by atoms with van der Waals surface area (Å²) in [5.74, 6) is 1.46. The molecular formula is C14H21NO3. The van der Waals surface area contributed by atoms with Crippen molar-refractivity contribution >= 4 is 5.91 Å². The van der Waals surface area contributed by atoms with Crippen LogP contribution in [0, 0.1) is 6.92 Å². The molecule has 18 heavy (non-hydrogen) atoms. The van der Waals surface area contributed by atoms with Gasteiger partial charge >= 0.3 is 0 Å². The molecule has 0 saturated carbocycles. The molecule has 0 aliphatic heterocycles. The molecule has 0 atom stereocenters. The molecule has 4 heteroatoms. The highest BCUT2D eigenvalue weighted by atomic mass is 16.5. The summed E-state index contributed by atoms with van der Waals surface area (Å²) in [5, 5.41) is 2.86. The Kier molecular flexibility index (Phi) is 5.01. The zero-order valence-corrected chi connectivity index (χ0v) is 11.7. The largest absolute Gasteiger partial charge is 0.496 e. The van der Waals surface area contributed by atoms with Crippen LogP contribution in [0.3, 0.4) is 0 Å². The Morgan fingerprint density at radius 2 is 1.83 bits per heavy atom. The molecule has 0 aliphatic carbocycles. The lowest BCUT2D eigenvalue weighted by atomic mass is 10.1. The van der Waals surface area contributed by atoms with Crippen LogP contribution >= 0.6 is 0 Å². The smallest absolute Gasteiger partial charge is 0.224 e. The van der Waals surface area contributed by atoms with Gasteiger partial charge in [-0.3, -0.25) is 4.79 Å². The number of carbonyl (C=O) groups excluding carboxylic acids is 1. The van der Waals surface area contributed by atoms with Crippen LogP contribution in [0.15, 0.2) is 12.1 Å². The number of rotatable bonds is 5. The van der Waals surface area contributed by atoms with E-state index in [-0.39, 0.29) is 18.4 Å². The maximum Gasteiger partial charge on any atom is 0.224 e. The van der Waals surface area contributed by atoms with Crippen LogP contribution in [0.25, 0.3) is 0 Å². The average Bonchev–Trinajstić information content (AvgIpc) is 2.29. The molecule has 0 unspecified atom stereocenters. The van der Waals surface area contributed by atoms with Gasteiger partial charge in [0.25, 0.3) is 0 Å². The van der Waals surface area contributed by atoms with Crippen molar-refractivity contribution in [1.29, 1.82) is 0 Å². The van der Waals surface area contributed by atoms with Crippen LogP contribution in [0.2, 0.25) is 0 Å². The van der Waals surface area contributed by atoms with E-state index >= 15 is 0 Å². The molecule has 0 fully saturated rings. The summed E-state index contributed by atoms with van der Waals surface area (Å²) < 4.78 is 10.6. The van der Waals surface area contributed by atoms with E-state index in [4.69, 9.17) is 9.47 Å². The molecule has 0 saturated heterocycles. The molecular weight excluding hydrogens is 230 g/mol. The summed E-state index contributed by atoms with van der Waals surface area (Å²) in [6.45, 7) is 5.81. The van der Waals surface area contributed by atoms with E-state index in [1.807, 2.05) is 32.9 Å². The Bertz CT molecular complexity index is 427. The number of carbonyl (C=O) groups is 1. The van der Waals surface area contributed by atoms with Crippen LogP contribution < -0.4 is 14.8 Å². The number of benzene rings is 1. The Labute approximate surface area is 108 Å². The minimum atomic E-state index is -0.0193. The van der Waals surface area contributed by atoms with Crippen LogP contribution in [-0.4, -0.2) is 26.2 Å². The van der Waals surface area contributed by atoms with E-state index in [0.29, 0.717) is 5.75 Å². The number of ether oxygens (including phenoxy) is 2. The third kappa shape index (κ3) is 3.65. The van der Waals surface area contributed by atoms with E-state index in [1.165, 1.54) is 0 Å². The highest BCUT2D eigenvalue weighted by Gasteiger charge is 2.12. The molecule has 0 aliphatic rings. The predicted octanol–water partition coefficient (Wildman–Crippen LogP) is 2.08. The first-order valence-corrected chi connectivity index (χ1v) is 5.98. The lowest BCUT2D eigenvalue weighted by Gasteiger charge is -2.14. The first-order chi connectivity index (χ1) is 8.47. The fourth-order valence-corrected chi connectivity index (χ4v) is 1.80. The zero-order valence-electron chi connectivity index (χ0n) is 11.7. The molecule has 0 radical (unpaired) electrons. The second-order valence-electron chi connectivity index (χ2n) is 4.53. The molecule has 0 spiro atoms. The first kappa shape index (κ1) is 14.4. The van der Waals surface area contributed by atoms with Crippen molar-refractivity contribution in [3.63, 3.8) is 0 Å². The lowest BCUT2D eigenvalue weighted by Crippen LogP contribution is -2.31. The fourth-order valence-electron chi connectivity index (χ4n) is 1.80. The maximum atomic E-state index is 11.8. The van der Waals surface area contributed by atoms with Crippen molar-refractivity contribution in [3.05, 3.63) is 23.3 Å². The quantitative estimate of drug-likeness (QED) is 0.871. The second kappa shape index (κ2) is 6.28. The Hall–Kier alpha value is -1.71. The van der Waals surface area contributed by atoms with E-state index in [1.54, 1.807) is 14.2 Å². The SMILES string of the molecule is COc1cc(CC(=O)NC(C)C)c(OC)cc1C. The van der Waals surface area contributed by atoms with Gasteiger partial charge in [-0.2, -0.15) is 0 Å². The predicted molar refractivity (Wildman–Crippen MR) is 71.3 cm³/mol. The van der Waals surface area contributed by atoms with Crippen LogP contribution in [0.5, 0.6) is 11.5 Å². The summed E-state index contributed by atoms with van der Waals surface area (Å²) in [6.07, 6.45) is 0.290. The van der Waals surface area contributed by atoms with Crippen molar-refractivity contribution in [2.45, 2.75) is 33.2 Å². The third-order valence-electron chi connectivity index (χ3n) is 2.60. The van der Waals surface area contributed by atoms with E-state index < -0.39 is 0 Å². The molecule has 0 aromatic heterocycles. The maximum absolute atomic E-state index is 11.8. The van der Waals surface area contributed by atoms with Gasteiger partial charge in [-0.05, 0) is 38.5 Å². The van der Waals surface area contributed by atoms with Gasteiger partial charge in [-0.1, -0.05) is 0 Å². The summed E-state index contributed by atoms with van der Waals surface area (Å²) >= 11 is 0. The van der Waals surface area contributed by atoms with Crippen molar-refractivity contribution in [3.8, 4) is 11.5 Å². The summed E-state index contributed by atoms with van der Waals surface area (Å²) in [7, 11) is 3.22. The number of nitrogens with one attached hydrogen (secondary N) is 1. The van der Waals surface area contributed by atoms with E-state index in [2.05, 4.69) is 5.32 Å². The zero-order chi connectivity index (χ0) is 13.7. The van der Waals surface area contributed by atoms with Gasteiger partial charge in [0.1, 0.15) is 11.5 Å². The monoisotopic (exact) mass is 251 g/mol. The van der Waals surface area contributed by atoms with Crippen LogP contribution in [-0.2, 0) is 11.2 Å². The molecule has 0 heterocycles. The summed E-state index contributed by atoms with van der Waals surface area (Å²) in [4.78, 5) is 11.8. The molecule has 1 amide bonds. The first-order valence-electron chi connectivity index (χ1n) is 5.98. The molecule has 1 aromatic rings. The minimum Gasteiger partial charge on any atom is -0.496 e. The number of amides is 1. The fraction of sp³-hybridized carbons (Fsp3) is 0.500. The van der Waals surface area contributed by atoms with Gasteiger partial charge in [0.15, 0.2) is 0 Å². The molecule has 100 valence electrons. The number of hydrogen-bond donors (Lipinski definition) is 1. The number of aryl methyl sites for hydroxylation is 1. The van der Waals surface area contributed by atoms with Gasteiger partial charge in [-0.25, -0.2) is 0 Å². The van der Waals surface area contributed by atoms with E-state index in [9.17, 15) is 4.79 Å². The van der Waals surface area contributed by atoms with Gasteiger partial charge in [0.2, 0.25) is 5.91 Å². The number of methoxy groups -OCH3 is 2.